The Kier molecular flexibility index (Phi) is 6.69. The molecule has 7 nitrogen and oxygen atoms in total. The first-order valence-electron chi connectivity index (χ1n) is 10.1. The van der Waals surface area contributed by atoms with E-state index in [1.165, 1.54) is 5.69 Å². The summed E-state index contributed by atoms with van der Waals surface area (Å²) in [5.41, 5.74) is 3.42. The average molecular weight is 396 g/mol. The maximum Gasteiger partial charge on any atom is 0.272 e. The molecule has 1 saturated heterocycles. The Hall–Kier alpha value is -3.09. The quantitative estimate of drug-likeness (QED) is 0.814. The summed E-state index contributed by atoms with van der Waals surface area (Å²) in [5.74, 6) is -0.0425. The third-order valence-electron chi connectivity index (χ3n) is 5.28. The first-order valence-corrected chi connectivity index (χ1v) is 10.1. The van der Waals surface area contributed by atoms with Gasteiger partial charge in [-0.2, -0.15) is 0 Å². The van der Waals surface area contributed by atoms with Crippen LogP contribution < -0.4 is 10.2 Å². The number of aromatic nitrogens is 1. The molecule has 0 radical (unpaired) electrons. The van der Waals surface area contributed by atoms with Crippen molar-refractivity contribution >= 4 is 28.9 Å². The molecule has 2 aromatic rings. The molecule has 0 spiro atoms. The number of nitrogens with zero attached hydrogens (tertiary/aromatic N) is 4. The number of nitrogens with one attached hydrogen (secondary N) is 1. The summed E-state index contributed by atoms with van der Waals surface area (Å²) < 4.78 is 0. The molecule has 2 amide bonds. The predicted octanol–water partition coefficient (Wildman–Crippen LogP) is 2.98. The molecule has 0 bridgehead atoms. The lowest BCUT2D eigenvalue weighted by atomic mass is 10.2. The fraction of sp³-hybridized carbons (Fsp3) is 0.409. The molecule has 1 N–H and O–H groups in total. The van der Waals surface area contributed by atoms with Crippen LogP contribution in [-0.2, 0) is 4.79 Å². The van der Waals surface area contributed by atoms with Crippen LogP contribution in [0.4, 0.5) is 17.1 Å². The zero-order chi connectivity index (χ0) is 20.8. The van der Waals surface area contributed by atoms with Crippen LogP contribution in [0.3, 0.4) is 0 Å². The normalized spacial score (nSPS) is 13.9. The Bertz CT molecular complexity index is 823. The predicted molar refractivity (Wildman–Crippen MR) is 116 cm³/mol. The van der Waals surface area contributed by atoms with Crippen LogP contribution in [0.25, 0.3) is 0 Å². The van der Waals surface area contributed by atoms with Gasteiger partial charge in [0.1, 0.15) is 5.69 Å². The van der Waals surface area contributed by atoms with Crippen molar-refractivity contribution in [3.05, 3.63) is 48.3 Å². The lowest BCUT2D eigenvalue weighted by molar-refractivity contribution is -0.130. The summed E-state index contributed by atoms with van der Waals surface area (Å²) in [6.07, 6.45) is 1.68. The largest absolute Gasteiger partial charge is 0.372 e. The van der Waals surface area contributed by atoms with E-state index in [9.17, 15) is 9.59 Å². The van der Waals surface area contributed by atoms with Gasteiger partial charge in [0.25, 0.3) is 5.91 Å². The third kappa shape index (κ3) is 5.04. The minimum Gasteiger partial charge on any atom is -0.372 e. The monoisotopic (exact) mass is 395 g/mol. The molecule has 29 heavy (non-hydrogen) atoms. The van der Waals surface area contributed by atoms with E-state index in [0.29, 0.717) is 31.9 Å². The second-order valence-electron chi connectivity index (χ2n) is 7.07. The summed E-state index contributed by atoms with van der Waals surface area (Å²) in [6, 6.07) is 11.9. The second-order valence-corrected chi connectivity index (χ2v) is 7.07. The minimum atomic E-state index is -0.0941. The molecular formula is C22H29N5O2. The Balaban J connectivity index is 1.59. The highest BCUT2D eigenvalue weighted by Crippen LogP contribution is 2.21. The van der Waals surface area contributed by atoms with Gasteiger partial charge < -0.3 is 20.0 Å². The van der Waals surface area contributed by atoms with E-state index >= 15 is 0 Å². The Labute approximate surface area is 172 Å². The minimum absolute atomic E-state index is 0.0516. The van der Waals surface area contributed by atoms with Gasteiger partial charge in [-0.05, 0) is 50.2 Å². The van der Waals surface area contributed by atoms with Gasteiger partial charge in [0.15, 0.2) is 0 Å². The zero-order valence-corrected chi connectivity index (χ0v) is 17.4. The van der Waals surface area contributed by atoms with Gasteiger partial charge in [-0.25, -0.2) is 4.98 Å². The van der Waals surface area contributed by atoms with Gasteiger partial charge in [-0.15, -0.1) is 0 Å². The maximum atomic E-state index is 12.6. The molecule has 1 fully saturated rings. The number of benzene rings is 1. The van der Waals surface area contributed by atoms with E-state index < -0.39 is 0 Å². The van der Waals surface area contributed by atoms with Gasteiger partial charge >= 0.3 is 0 Å². The Morgan fingerprint density at radius 3 is 2.03 bits per heavy atom. The first kappa shape index (κ1) is 20.6. The van der Waals surface area contributed by atoms with E-state index in [2.05, 4.69) is 41.2 Å². The molecule has 0 saturated carbocycles. The van der Waals surface area contributed by atoms with Gasteiger partial charge in [0.05, 0.1) is 11.9 Å². The maximum absolute atomic E-state index is 12.6. The summed E-state index contributed by atoms with van der Waals surface area (Å²) in [7, 11) is 0. The topological polar surface area (TPSA) is 68.8 Å². The smallest absolute Gasteiger partial charge is 0.272 e. The van der Waals surface area contributed by atoms with Crippen molar-refractivity contribution < 1.29 is 9.59 Å². The SMILES string of the molecule is CCN(CC)c1ccc(Nc2ccc(C(=O)N3CCN(C(C)=O)CC3)nc2)cc1. The van der Waals surface area contributed by atoms with Crippen LogP contribution in [-0.4, -0.2) is 65.9 Å². The average Bonchev–Trinajstić information content (AvgIpc) is 2.76. The number of rotatable bonds is 6. The molecule has 2 heterocycles. The van der Waals surface area contributed by atoms with Crippen LogP contribution in [0.15, 0.2) is 42.6 Å². The summed E-state index contributed by atoms with van der Waals surface area (Å²) in [4.78, 5) is 34.2. The summed E-state index contributed by atoms with van der Waals surface area (Å²) in [5, 5.41) is 3.32. The summed E-state index contributed by atoms with van der Waals surface area (Å²) in [6.45, 7) is 10.0. The van der Waals surface area contributed by atoms with Crippen LogP contribution in [0, 0.1) is 0 Å². The molecule has 154 valence electrons. The molecule has 7 heteroatoms. The molecule has 1 aromatic carbocycles. The van der Waals surface area contributed by atoms with Gasteiger partial charge in [-0.1, -0.05) is 0 Å². The lowest BCUT2D eigenvalue weighted by Crippen LogP contribution is -2.50. The summed E-state index contributed by atoms with van der Waals surface area (Å²) >= 11 is 0. The Morgan fingerprint density at radius 1 is 0.931 bits per heavy atom. The van der Waals surface area contributed by atoms with E-state index in [1.807, 2.05) is 18.2 Å². The third-order valence-corrected chi connectivity index (χ3v) is 5.28. The van der Waals surface area contributed by atoms with Gasteiger partial charge in [0, 0.05) is 57.6 Å². The number of carbonyl (C=O) groups excluding carboxylic acids is 2. The number of hydrogen-bond acceptors (Lipinski definition) is 5. The molecule has 0 atom stereocenters. The van der Waals surface area contributed by atoms with Crippen LogP contribution >= 0.6 is 0 Å². The van der Waals surface area contributed by atoms with Crippen molar-refractivity contribution in [2.24, 2.45) is 0 Å². The standard InChI is InChI=1S/C22H29N5O2/c1-4-25(5-2)20-9-6-18(7-10-20)24-19-8-11-21(23-16-19)22(29)27-14-12-26(13-15-27)17(3)28/h6-11,16,24H,4-5,12-15H2,1-3H3. The van der Waals surface area contributed by atoms with Crippen molar-refractivity contribution in [1.82, 2.24) is 14.8 Å². The second kappa shape index (κ2) is 9.41. The molecule has 3 rings (SSSR count). The molecule has 1 aliphatic heterocycles. The first-order chi connectivity index (χ1) is 14.0. The van der Waals surface area contributed by atoms with E-state index in [1.54, 1.807) is 29.0 Å². The fourth-order valence-electron chi connectivity index (χ4n) is 3.49. The van der Waals surface area contributed by atoms with E-state index in [4.69, 9.17) is 0 Å². The van der Waals surface area contributed by atoms with Gasteiger partial charge in [0.2, 0.25) is 5.91 Å². The highest BCUT2D eigenvalue weighted by Gasteiger charge is 2.23. The van der Waals surface area contributed by atoms with Crippen molar-refractivity contribution in [2.75, 3.05) is 49.5 Å². The van der Waals surface area contributed by atoms with Crippen molar-refractivity contribution in [3.63, 3.8) is 0 Å². The lowest BCUT2D eigenvalue weighted by Gasteiger charge is -2.34. The molecule has 1 aromatic heterocycles. The number of pyridine rings is 1. The zero-order valence-electron chi connectivity index (χ0n) is 17.4. The van der Waals surface area contributed by atoms with Crippen LogP contribution in [0.1, 0.15) is 31.3 Å². The van der Waals surface area contributed by atoms with Crippen LogP contribution in [0.2, 0.25) is 0 Å². The number of carbonyl (C=O) groups is 2. The molecule has 0 unspecified atom stereocenters. The molecular weight excluding hydrogens is 366 g/mol. The fourth-order valence-corrected chi connectivity index (χ4v) is 3.49. The molecule has 0 aliphatic carbocycles. The van der Waals surface area contributed by atoms with Crippen LogP contribution in [0.5, 0.6) is 0 Å². The number of hydrogen-bond donors (Lipinski definition) is 1. The highest BCUT2D eigenvalue weighted by molar-refractivity contribution is 5.92. The van der Waals surface area contributed by atoms with E-state index in [-0.39, 0.29) is 11.8 Å². The van der Waals surface area contributed by atoms with E-state index in [0.717, 1.165) is 24.5 Å². The highest BCUT2D eigenvalue weighted by atomic mass is 16.2. The Morgan fingerprint density at radius 2 is 1.52 bits per heavy atom. The molecule has 1 aliphatic rings. The van der Waals surface area contributed by atoms with Crippen molar-refractivity contribution in [2.45, 2.75) is 20.8 Å². The van der Waals surface area contributed by atoms with Gasteiger partial charge in [-0.3, -0.25) is 9.59 Å². The number of anilines is 3. The van der Waals surface area contributed by atoms with Crippen molar-refractivity contribution in [3.8, 4) is 0 Å². The van der Waals surface area contributed by atoms with Crippen molar-refractivity contribution in [1.29, 1.82) is 0 Å². The number of amides is 2. The number of piperazine rings is 1.